The van der Waals surface area contributed by atoms with Crippen LogP contribution in [0.3, 0.4) is 0 Å². The average molecular weight is 523 g/mol. The van der Waals surface area contributed by atoms with Crippen molar-refractivity contribution in [3.63, 3.8) is 0 Å². The first-order valence-corrected chi connectivity index (χ1v) is 13.3. The topological polar surface area (TPSA) is 97.4 Å². The van der Waals surface area contributed by atoms with Gasteiger partial charge < -0.3 is 26.3 Å². The van der Waals surface area contributed by atoms with Crippen LogP contribution >= 0.6 is 11.6 Å². The monoisotopic (exact) mass is 522 g/mol. The predicted molar refractivity (Wildman–Crippen MR) is 155 cm³/mol. The summed E-state index contributed by atoms with van der Waals surface area (Å²) >= 11 is 6.22. The van der Waals surface area contributed by atoms with Gasteiger partial charge in [0.1, 0.15) is 5.82 Å². The molecule has 4 rings (SSSR count). The second kappa shape index (κ2) is 12.2. The number of anilines is 2. The Morgan fingerprint density at radius 1 is 1.14 bits per heavy atom. The molecule has 37 heavy (non-hydrogen) atoms. The number of aromatic nitrogens is 2. The molecule has 3 aromatic rings. The maximum atomic E-state index is 8.28. The lowest BCUT2D eigenvalue weighted by atomic mass is 9.88. The average Bonchev–Trinajstić information content (AvgIpc) is 2.86. The molecule has 1 saturated heterocycles. The van der Waals surface area contributed by atoms with Crippen LogP contribution in [0.4, 0.5) is 11.8 Å². The Balaban J connectivity index is 1.64. The minimum absolute atomic E-state index is 0.153. The number of nitrogens with zero attached hydrogens (tertiary/aromatic N) is 5. The molecular weight excluding hydrogens is 484 g/mol. The number of hydrogen-bond acceptors (Lipinski definition) is 8. The maximum absolute atomic E-state index is 8.28. The molecule has 2 heterocycles. The molecule has 0 bridgehead atoms. The van der Waals surface area contributed by atoms with Crippen molar-refractivity contribution in [3.8, 4) is 0 Å². The van der Waals surface area contributed by atoms with E-state index in [1.54, 1.807) is 0 Å². The summed E-state index contributed by atoms with van der Waals surface area (Å²) in [5, 5.41) is 13.5. The Morgan fingerprint density at radius 2 is 1.89 bits per heavy atom. The van der Waals surface area contributed by atoms with Crippen LogP contribution in [-0.4, -0.2) is 84.9 Å². The highest BCUT2D eigenvalue weighted by Crippen LogP contribution is 2.30. The number of rotatable bonds is 10. The van der Waals surface area contributed by atoms with Crippen molar-refractivity contribution in [3.05, 3.63) is 58.6 Å². The van der Waals surface area contributed by atoms with Crippen LogP contribution in [0.15, 0.2) is 42.5 Å². The van der Waals surface area contributed by atoms with E-state index in [4.69, 9.17) is 32.7 Å². The van der Waals surface area contributed by atoms with Gasteiger partial charge in [0.2, 0.25) is 5.95 Å². The lowest BCUT2D eigenvalue weighted by Gasteiger charge is -2.35. The molecule has 0 aliphatic carbocycles. The van der Waals surface area contributed by atoms with Crippen LogP contribution < -0.4 is 16.0 Å². The van der Waals surface area contributed by atoms with E-state index in [1.165, 1.54) is 0 Å². The minimum Gasteiger partial charge on any atom is -0.365 e. The molecule has 1 aliphatic heterocycles. The summed E-state index contributed by atoms with van der Waals surface area (Å²) in [6, 6.07) is 13.8. The second-order valence-corrected chi connectivity index (χ2v) is 10.7. The summed E-state index contributed by atoms with van der Waals surface area (Å²) < 4.78 is 0. The smallest absolute Gasteiger partial charge is 0.227 e. The Labute approximate surface area is 225 Å². The number of nitrogens with one attached hydrogen (secondary N) is 2. The molecule has 2 unspecified atom stereocenters. The Morgan fingerprint density at radius 3 is 2.54 bits per heavy atom. The lowest BCUT2D eigenvalue weighted by molar-refractivity contribution is 0.229. The molecule has 8 nitrogen and oxygen atoms in total. The molecule has 4 N–H and O–H groups in total. The molecule has 1 aliphatic rings. The first kappa shape index (κ1) is 27.3. The molecule has 0 radical (unpaired) electrons. The molecule has 198 valence electrons. The van der Waals surface area contributed by atoms with Gasteiger partial charge in [0, 0.05) is 73.9 Å². The van der Waals surface area contributed by atoms with E-state index >= 15 is 0 Å². The minimum atomic E-state index is -0.165. The maximum Gasteiger partial charge on any atom is 0.227 e. The fourth-order valence-electron chi connectivity index (χ4n) is 4.90. The van der Waals surface area contributed by atoms with Crippen LogP contribution in [0.2, 0.25) is 5.02 Å². The number of nitrogens with two attached hydrogens (primary N) is 1. The zero-order valence-corrected chi connectivity index (χ0v) is 23.1. The van der Waals surface area contributed by atoms with Crippen molar-refractivity contribution in [2.45, 2.75) is 32.4 Å². The van der Waals surface area contributed by atoms with E-state index in [0.717, 1.165) is 73.1 Å². The number of hydrogen-bond donors (Lipinski definition) is 3. The quantitative estimate of drug-likeness (QED) is 0.345. The Bertz CT molecular complexity index is 1220. The van der Waals surface area contributed by atoms with Gasteiger partial charge in [0.05, 0.1) is 5.52 Å². The Kier molecular flexibility index (Phi) is 8.97. The summed E-state index contributed by atoms with van der Waals surface area (Å²) in [4.78, 5) is 17.0. The third kappa shape index (κ3) is 6.96. The summed E-state index contributed by atoms with van der Waals surface area (Å²) in [5.41, 5.74) is 9.77. The van der Waals surface area contributed by atoms with E-state index < -0.39 is 0 Å². The van der Waals surface area contributed by atoms with Crippen molar-refractivity contribution in [1.82, 2.24) is 19.8 Å². The van der Waals surface area contributed by atoms with Gasteiger partial charge in [-0.2, -0.15) is 4.98 Å². The highest BCUT2D eigenvalue weighted by molar-refractivity contribution is 6.30. The van der Waals surface area contributed by atoms with Crippen LogP contribution in [0, 0.1) is 5.41 Å². The Hall–Kier alpha value is -2.78. The summed E-state index contributed by atoms with van der Waals surface area (Å²) in [6.07, 6.45) is 0. The van der Waals surface area contributed by atoms with Gasteiger partial charge in [0.15, 0.2) is 0 Å². The molecule has 9 heteroatoms. The third-order valence-electron chi connectivity index (χ3n) is 6.93. The molecule has 2 aromatic carbocycles. The van der Waals surface area contributed by atoms with Gasteiger partial charge in [-0.05, 0) is 63.3 Å². The van der Waals surface area contributed by atoms with Crippen molar-refractivity contribution < 1.29 is 0 Å². The number of fused-ring (bicyclic) bond motifs is 1. The van der Waals surface area contributed by atoms with Gasteiger partial charge in [-0.1, -0.05) is 29.8 Å². The molecule has 0 spiro atoms. The van der Waals surface area contributed by atoms with Crippen LogP contribution in [0.1, 0.15) is 30.9 Å². The van der Waals surface area contributed by atoms with Gasteiger partial charge in [-0.3, -0.25) is 4.90 Å². The first-order chi connectivity index (χ1) is 17.7. The zero-order chi connectivity index (χ0) is 26.5. The SMILES string of the molecule is CC(=N)C(c1ccc2nc(N3CCN(CCN(C)C)CC3)nc(NCc3cccc(Cl)c3)c2c1)C(C)N. The van der Waals surface area contributed by atoms with Crippen molar-refractivity contribution >= 4 is 40.0 Å². The zero-order valence-electron chi connectivity index (χ0n) is 22.3. The van der Waals surface area contributed by atoms with Gasteiger partial charge in [-0.15, -0.1) is 0 Å². The highest BCUT2D eigenvalue weighted by atomic mass is 35.5. The number of benzene rings is 2. The van der Waals surface area contributed by atoms with Gasteiger partial charge in [-0.25, -0.2) is 4.98 Å². The predicted octanol–water partition coefficient (Wildman–Crippen LogP) is 4.05. The fourth-order valence-corrected chi connectivity index (χ4v) is 5.11. The summed E-state index contributed by atoms with van der Waals surface area (Å²) in [6.45, 7) is 10.3. The normalized spacial score (nSPS) is 16.2. The molecule has 2 atom stereocenters. The van der Waals surface area contributed by atoms with E-state index in [1.807, 2.05) is 50.2 Å². The molecular formula is C28H39ClN8. The fraction of sp³-hybridized carbons (Fsp3) is 0.464. The van der Waals surface area contributed by atoms with Crippen molar-refractivity contribution in [2.75, 3.05) is 63.6 Å². The molecule has 1 aromatic heterocycles. The largest absolute Gasteiger partial charge is 0.365 e. The highest BCUT2D eigenvalue weighted by Gasteiger charge is 2.23. The molecule has 0 amide bonds. The van der Waals surface area contributed by atoms with E-state index in [9.17, 15) is 0 Å². The standard InChI is InChI=1S/C28H39ClN8/c1-19(30)26(20(2)31)22-8-9-25-24(17-22)27(32-18-21-6-5-7-23(29)16-21)34-28(33-25)37-14-12-36(13-15-37)11-10-35(3)4/h5-9,16-17,19,26,31H,10-15,18,30H2,1-4H3,(H,32,33,34). The number of piperazine rings is 1. The summed E-state index contributed by atoms with van der Waals surface area (Å²) in [5.74, 6) is 1.37. The number of halogens is 1. The van der Waals surface area contributed by atoms with E-state index in [0.29, 0.717) is 17.3 Å². The molecule has 0 saturated carbocycles. The third-order valence-corrected chi connectivity index (χ3v) is 7.16. The van der Waals surface area contributed by atoms with Crippen molar-refractivity contribution in [2.24, 2.45) is 5.73 Å². The lowest BCUT2D eigenvalue weighted by Crippen LogP contribution is -2.48. The second-order valence-electron chi connectivity index (χ2n) is 10.3. The van der Waals surface area contributed by atoms with Crippen LogP contribution in [-0.2, 0) is 6.54 Å². The first-order valence-electron chi connectivity index (χ1n) is 12.9. The number of likely N-dealkylation sites (N-methyl/N-ethyl adjacent to an activating group) is 1. The van der Waals surface area contributed by atoms with Gasteiger partial charge in [0.25, 0.3) is 0 Å². The summed E-state index contributed by atoms with van der Waals surface area (Å²) in [7, 11) is 4.23. The molecule has 1 fully saturated rings. The van der Waals surface area contributed by atoms with E-state index in [2.05, 4.69) is 40.2 Å². The van der Waals surface area contributed by atoms with Crippen LogP contribution in [0.25, 0.3) is 10.9 Å². The van der Waals surface area contributed by atoms with E-state index in [-0.39, 0.29) is 12.0 Å². The van der Waals surface area contributed by atoms with Gasteiger partial charge >= 0.3 is 0 Å². The van der Waals surface area contributed by atoms with Crippen LogP contribution in [0.5, 0.6) is 0 Å². The van der Waals surface area contributed by atoms with Crippen molar-refractivity contribution in [1.29, 1.82) is 5.41 Å².